The van der Waals surface area contributed by atoms with E-state index in [0.717, 1.165) is 32.1 Å². The zero-order valence-electron chi connectivity index (χ0n) is 53.7. The predicted octanol–water partition coefficient (Wildman–Crippen LogP) is 25.2. The van der Waals surface area contributed by atoms with Crippen LogP contribution >= 0.6 is 0 Å². The Kier molecular flexibility index (Phi) is 69.2. The normalized spacial score (nSPS) is 12.0. The zero-order chi connectivity index (χ0) is 56.2. The minimum Gasteiger partial charge on any atom is -0.462 e. The fourth-order valence-corrected chi connectivity index (χ4v) is 11.9. The number of carbonyl (C=O) groups excluding carboxylic acids is 2. The Morgan fingerprint density at radius 2 is 0.397 bits per heavy atom. The molecular weight excluding hydrogens is 957 g/mol. The van der Waals surface area contributed by atoms with Crippen molar-refractivity contribution in [2.75, 3.05) is 13.2 Å². The van der Waals surface area contributed by atoms with E-state index in [2.05, 4.69) is 13.8 Å². The summed E-state index contributed by atoms with van der Waals surface area (Å²) < 4.78 is 10.8. The van der Waals surface area contributed by atoms with Crippen molar-refractivity contribution < 1.29 is 24.2 Å². The maximum atomic E-state index is 12.4. The molecule has 0 spiro atoms. The van der Waals surface area contributed by atoms with E-state index in [9.17, 15) is 14.7 Å². The molecule has 0 aromatic heterocycles. The monoisotopic (exact) mass is 1100 g/mol. The van der Waals surface area contributed by atoms with Crippen molar-refractivity contribution in [1.29, 1.82) is 0 Å². The molecule has 0 aliphatic carbocycles. The van der Waals surface area contributed by atoms with E-state index < -0.39 is 6.10 Å². The third-order valence-corrected chi connectivity index (χ3v) is 17.4. The van der Waals surface area contributed by atoms with Crippen molar-refractivity contribution in [1.82, 2.24) is 0 Å². The van der Waals surface area contributed by atoms with Crippen molar-refractivity contribution in [3.8, 4) is 0 Å². The number of esters is 2. The lowest BCUT2D eigenvalue weighted by molar-refractivity contribution is -0.161. The molecule has 0 aliphatic rings. The summed E-state index contributed by atoms with van der Waals surface area (Å²) in [6, 6.07) is 0. The number of hydrogen-bond acceptors (Lipinski definition) is 5. The van der Waals surface area contributed by atoms with Crippen LogP contribution in [0.5, 0.6) is 0 Å². The highest BCUT2D eigenvalue weighted by Gasteiger charge is 2.16. The van der Waals surface area contributed by atoms with Crippen LogP contribution in [0, 0.1) is 0 Å². The maximum absolute atomic E-state index is 12.4. The Morgan fingerprint density at radius 1 is 0.244 bits per heavy atom. The number of hydrogen-bond donors (Lipinski definition) is 1. The lowest BCUT2D eigenvalue weighted by Gasteiger charge is -2.15. The van der Waals surface area contributed by atoms with Gasteiger partial charge >= 0.3 is 11.9 Å². The highest BCUT2D eigenvalue weighted by atomic mass is 16.6. The van der Waals surface area contributed by atoms with Crippen LogP contribution in [0.1, 0.15) is 438 Å². The molecule has 0 saturated carbocycles. The summed E-state index contributed by atoms with van der Waals surface area (Å²) in [7, 11) is 0. The lowest BCUT2D eigenvalue weighted by Crippen LogP contribution is -2.28. The third kappa shape index (κ3) is 67.4. The molecule has 0 radical (unpaired) electrons. The molecular formula is C73H144O5. The van der Waals surface area contributed by atoms with Crippen LogP contribution < -0.4 is 0 Å². The van der Waals surface area contributed by atoms with Gasteiger partial charge < -0.3 is 14.6 Å². The first-order valence-corrected chi connectivity index (χ1v) is 36.6. The molecule has 1 atom stereocenters. The Hall–Kier alpha value is -1.10. The molecule has 1 N–H and O–H groups in total. The summed E-state index contributed by atoms with van der Waals surface area (Å²) >= 11 is 0. The van der Waals surface area contributed by atoms with Crippen molar-refractivity contribution in [2.24, 2.45) is 0 Å². The second kappa shape index (κ2) is 70.2. The fraction of sp³-hybridized carbons (Fsp3) is 0.973. The second-order valence-corrected chi connectivity index (χ2v) is 25.4. The smallest absolute Gasteiger partial charge is 0.306 e. The van der Waals surface area contributed by atoms with Gasteiger partial charge in [-0.15, -0.1) is 0 Å². The van der Waals surface area contributed by atoms with E-state index in [-0.39, 0.29) is 25.2 Å². The number of carbonyl (C=O) groups is 2. The first-order valence-electron chi connectivity index (χ1n) is 36.6. The van der Waals surface area contributed by atoms with Crippen LogP contribution in [0.2, 0.25) is 0 Å². The van der Waals surface area contributed by atoms with E-state index in [1.807, 2.05) is 0 Å². The average molecular weight is 1100 g/mol. The van der Waals surface area contributed by atoms with Gasteiger partial charge in [0.05, 0.1) is 6.61 Å². The highest BCUT2D eigenvalue weighted by Crippen LogP contribution is 2.20. The molecule has 1 unspecified atom stereocenters. The number of aliphatic hydroxyl groups excluding tert-OH is 1. The molecule has 5 nitrogen and oxygen atoms in total. The fourth-order valence-electron chi connectivity index (χ4n) is 11.9. The van der Waals surface area contributed by atoms with Crippen LogP contribution in [-0.2, 0) is 19.1 Å². The Bertz CT molecular complexity index is 1110. The third-order valence-electron chi connectivity index (χ3n) is 17.4. The van der Waals surface area contributed by atoms with Crippen LogP contribution in [0.3, 0.4) is 0 Å². The van der Waals surface area contributed by atoms with Crippen LogP contribution in [0.25, 0.3) is 0 Å². The first-order chi connectivity index (χ1) is 38.6. The Balaban J connectivity index is 3.32. The molecule has 0 rings (SSSR count). The average Bonchev–Trinajstić information content (AvgIpc) is 3.44. The Labute approximate surface area is 490 Å². The summed E-state index contributed by atoms with van der Waals surface area (Å²) in [5.41, 5.74) is 0. The van der Waals surface area contributed by atoms with E-state index in [1.165, 1.54) is 379 Å². The van der Waals surface area contributed by atoms with Gasteiger partial charge in [0, 0.05) is 12.8 Å². The van der Waals surface area contributed by atoms with Gasteiger partial charge in [0.2, 0.25) is 0 Å². The SMILES string of the molecule is CCCCCCCCCCCCCCCCCCCCCCCCCCCCCCCCCCCCCCCCCCC(=O)OC(CO)COC(=O)CCCCCCCCCCCCCCCCCCCCCCCCCC. The number of ether oxygens (including phenoxy) is 2. The largest absolute Gasteiger partial charge is 0.462 e. The van der Waals surface area contributed by atoms with Gasteiger partial charge in [-0.1, -0.05) is 412 Å². The minimum absolute atomic E-state index is 0.0553. The van der Waals surface area contributed by atoms with Crippen molar-refractivity contribution in [3.63, 3.8) is 0 Å². The van der Waals surface area contributed by atoms with Gasteiger partial charge in [-0.3, -0.25) is 9.59 Å². The van der Waals surface area contributed by atoms with Crippen LogP contribution in [-0.4, -0.2) is 36.4 Å². The zero-order valence-corrected chi connectivity index (χ0v) is 53.7. The van der Waals surface area contributed by atoms with E-state index in [1.54, 1.807) is 0 Å². The predicted molar refractivity (Wildman–Crippen MR) is 344 cm³/mol. The van der Waals surface area contributed by atoms with Gasteiger partial charge in [-0.25, -0.2) is 0 Å². The summed E-state index contributed by atoms with van der Waals surface area (Å²) in [6.07, 6.45) is 88.9. The van der Waals surface area contributed by atoms with E-state index >= 15 is 0 Å². The van der Waals surface area contributed by atoms with Gasteiger partial charge in [0.15, 0.2) is 6.10 Å². The van der Waals surface area contributed by atoms with E-state index in [0.29, 0.717) is 12.8 Å². The van der Waals surface area contributed by atoms with Gasteiger partial charge in [0.25, 0.3) is 0 Å². The molecule has 5 heteroatoms. The van der Waals surface area contributed by atoms with Crippen molar-refractivity contribution >= 4 is 11.9 Å². The summed E-state index contributed by atoms with van der Waals surface area (Å²) in [5, 5.41) is 9.70. The molecule has 78 heavy (non-hydrogen) atoms. The quantitative estimate of drug-likeness (QED) is 0.0485. The highest BCUT2D eigenvalue weighted by molar-refractivity contribution is 5.70. The molecule has 466 valence electrons. The van der Waals surface area contributed by atoms with Gasteiger partial charge in [0.1, 0.15) is 6.61 Å². The van der Waals surface area contributed by atoms with Gasteiger partial charge in [-0.2, -0.15) is 0 Å². The second-order valence-electron chi connectivity index (χ2n) is 25.4. The summed E-state index contributed by atoms with van der Waals surface area (Å²) in [6.45, 7) is 4.23. The van der Waals surface area contributed by atoms with Gasteiger partial charge in [-0.05, 0) is 12.8 Å². The molecule has 0 aromatic rings. The number of aliphatic hydroxyl groups is 1. The van der Waals surface area contributed by atoms with Crippen molar-refractivity contribution in [2.45, 2.75) is 444 Å². The molecule has 0 amide bonds. The minimum atomic E-state index is -0.765. The topological polar surface area (TPSA) is 72.8 Å². The van der Waals surface area contributed by atoms with Crippen LogP contribution in [0.15, 0.2) is 0 Å². The maximum Gasteiger partial charge on any atom is 0.306 e. The summed E-state index contributed by atoms with van der Waals surface area (Å²) in [5.74, 6) is -0.558. The number of unbranched alkanes of at least 4 members (excludes halogenated alkanes) is 62. The summed E-state index contributed by atoms with van der Waals surface area (Å²) in [4.78, 5) is 24.6. The molecule has 0 heterocycles. The number of rotatable bonds is 70. The van der Waals surface area contributed by atoms with Crippen LogP contribution in [0.4, 0.5) is 0 Å². The first kappa shape index (κ1) is 76.9. The van der Waals surface area contributed by atoms with E-state index in [4.69, 9.17) is 9.47 Å². The lowest BCUT2D eigenvalue weighted by atomic mass is 10.0. The Morgan fingerprint density at radius 3 is 0.564 bits per heavy atom. The molecule has 0 bridgehead atoms. The van der Waals surface area contributed by atoms with Crippen molar-refractivity contribution in [3.05, 3.63) is 0 Å². The molecule has 0 fully saturated rings. The molecule has 0 aromatic carbocycles. The standard InChI is InChI=1S/C73H144O5/c1-3-5-7-9-11-13-15-17-19-21-23-25-27-29-30-31-32-33-34-35-36-37-38-39-40-41-42-43-44-46-48-50-52-54-56-58-60-62-64-66-68-73(76)78-71(69-74)70-77-72(75)67-65-63-61-59-57-55-53-51-49-47-45-28-26-24-22-20-18-16-14-12-10-8-6-4-2/h71,74H,3-70H2,1-2H3. The molecule has 0 aliphatic heterocycles. The molecule has 0 saturated heterocycles.